The number of fused-ring (bicyclic) bond motifs is 7. The van der Waals surface area contributed by atoms with E-state index < -0.39 is 5.41 Å². The van der Waals surface area contributed by atoms with Crippen LogP contribution in [-0.2, 0) is 16.1 Å². The maximum Gasteiger partial charge on any atom is 0.312 e. The molecule has 1 N–H and O–H groups in total. The lowest BCUT2D eigenvalue weighted by molar-refractivity contribution is -0.203. The summed E-state index contributed by atoms with van der Waals surface area (Å²) in [6.07, 6.45) is 13.7. The third-order valence-corrected chi connectivity index (χ3v) is 14.5. The van der Waals surface area contributed by atoms with Gasteiger partial charge in [0.25, 0.3) is 0 Å². The van der Waals surface area contributed by atoms with E-state index >= 15 is 0 Å². The van der Waals surface area contributed by atoms with E-state index in [0.717, 1.165) is 44.1 Å². The molecule has 4 fully saturated rings. The first kappa shape index (κ1) is 28.5. The van der Waals surface area contributed by atoms with Crippen LogP contribution >= 0.6 is 0 Å². The summed E-state index contributed by atoms with van der Waals surface area (Å²) in [5.74, 6) is 1.66. The van der Waals surface area contributed by atoms with Crippen LogP contribution < -0.4 is 0 Å². The van der Waals surface area contributed by atoms with Gasteiger partial charge in [0.2, 0.25) is 0 Å². The number of allylic oxidation sites excluding steroid dienone is 2. The van der Waals surface area contributed by atoms with Gasteiger partial charge in [0.05, 0.1) is 11.5 Å². The standard InChI is InChI=1S/C37H54O3/c1-32(2)28-15-18-37(7)29(35(28,5)17-16-30(32)38)14-13-26-27-23-34(4,20-19-33(27,3)21-22-36(26,37)6)31(39)40-24-25-11-9-8-10-12-25/h8-13,27-30,38H,14-24H2,1-7H3/t27-,28?,29?,30+,33+,34-,35-,36+,37+/m0/s1. The summed E-state index contributed by atoms with van der Waals surface area (Å²) in [5.41, 5.74) is 3.25. The Morgan fingerprint density at radius 1 is 0.875 bits per heavy atom. The van der Waals surface area contributed by atoms with Crippen molar-refractivity contribution in [1.29, 1.82) is 0 Å². The second-order valence-electron chi connectivity index (χ2n) is 16.7. The number of hydrogen-bond donors (Lipinski definition) is 1. The summed E-state index contributed by atoms with van der Waals surface area (Å²) in [4.78, 5) is 13.6. The van der Waals surface area contributed by atoms with Crippen LogP contribution in [0.4, 0.5) is 0 Å². The van der Waals surface area contributed by atoms with Crippen molar-refractivity contribution in [2.24, 2.45) is 50.2 Å². The number of ether oxygens (including phenoxy) is 1. The molecular formula is C37H54O3. The van der Waals surface area contributed by atoms with Crippen LogP contribution in [0, 0.1) is 50.2 Å². The van der Waals surface area contributed by atoms with Gasteiger partial charge in [0, 0.05) is 0 Å². The molecule has 0 bridgehead atoms. The average molecular weight is 547 g/mol. The van der Waals surface area contributed by atoms with Crippen LogP contribution in [0.3, 0.4) is 0 Å². The van der Waals surface area contributed by atoms with E-state index in [1.165, 1.54) is 25.7 Å². The quantitative estimate of drug-likeness (QED) is 0.304. The van der Waals surface area contributed by atoms with Gasteiger partial charge in [-0.15, -0.1) is 0 Å². The van der Waals surface area contributed by atoms with Gasteiger partial charge in [-0.3, -0.25) is 4.79 Å². The van der Waals surface area contributed by atoms with E-state index in [4.69, 9.17) is 4.74 Å². The van der Waals surface area contributed by atoms with Crippen LogP contribution in [0.5, 0.6) is 0 Å². The maximum atomic E-state index is 13.6. The molecule has 5 aliphatic rings. The number of hydrogen-bond acceptors (Lipinski definition) is 3. The fourth-order valence-electron chi connectivity index (χ4n) is 11.4. The van der Waals surface area contributed by atoms with Crippen molar-refractivity contribution in [3.63, 3.8) is 0 Å². The van der Waals surface area contributed by atoms with E-state index in [9.17, 15) is 9.90 Å². The Balaban J connectivity index is 1.30. The van der Waals surface area contributed by atoms with Gasteiger partial charge in [0.1, 0.15) is 6.61 Å². The largest absolute Gasteiger partial charge is 0.460 e. The Morgan fingerprint density at radius 3 is 2.30 bits per heavy atom. The molecular weight excluding hydrogens is 492 g/mol. The molecule has 0 aliphatic heterocycles. The van der Waals surface area contributed by atoms with Gasteiger partial charge in [-0.2, -0.15) is 0 Å². The number of aliphatic hydroxyl groups excluding tert-OH is 1. The summed E-state index contributed by atoms with van der Waals surface area (Å²) < 4.78 is 5.97. The molecule has 9 atom stereocenters. The molecule has 0 spiro atoms. The SMILES string of the molecule is CC1(C)C2CC[C@]3(C)C(CC=C4[C@@H]5C[C@@](C)(C(=O)OCc6ccccc6)CC[C@]5(C)CC[C@]43C)[C@@]2(C)CC[C@H]1O. The molecule has 0 heterocycles. The van der Waals surface area contributed by atoms with Crippen molar-refractivity contribution >= 4 is 5.97 Å². The Labute approximate surface area is 243 Å². The van der Waals surface area contributed by atoms with Crippen LogP contribution in [0.15, 0.2) is 42.0 Å². The summed E-state index contributed by atoms with van der Waals surface area (Å²) in [5, 5.41) is 11.0. The third-order valence-electron chi connectivity index (χ3n) is 14.5. The van der Waals surface area contributed by atoms with E-state index in [1.807, 2.05) is 30.3 Å². The number of carbonyl (C=O) groups excluding carboxylic acids is 1. The minimum atomic E-state index is -0.428. The van der Waals surface area contributed by atoms with Crippen molar-refractivity contribution in [2.75, 3.05) is 0 Å². The number of rotatable bonds is 3. The molecule has 220 valence electrons. The van der Waals surface area contributed by atoms with Gasteiger partial charge in [0.15, 0.2) is 0 Å². The zero-order chi connectivity index (χ0) is 28.8. The second-order valence-corrected chi connectivity index (χ2v) is 16.7. The maximum absolute atomic E-state index is 13.6. The fourth-order valence-corrected chi connectivity index (χ4v) is 11.4. The predicted octanol–water partition coefficient (Wildman–Crippen LogP) is 8.89. The zero-order valence-electron chi connectivity index (χ0n) is 26.3. The van der Waals surface area contributed by atoms with Gasteiger partial charge in [-0.25, -0.2) is 0 Å². The molecule has 4 saturated carbocycles. The number of aliphatic hydroxyl groups is 1. The molecule has 0 radical (unpaired) electrons. The summed E-state index contributed by atoms with van der Waals surface area (Å²) in [7, 11) is 0. The number of benzene rings is 1. The Bertz CT molecular complexity index is 1190. The van der Waals surface area contributed by atoms with Crippen molar-refractivity contribution < 1.29 is 14.6 Å². The minimum Gasteiger partial charge on any atom is -0.460 e. The molecule has 6 rings (SSSR count). The van der Waals surface area contributed by atoms with Gasteiger partial charge >= 0.3 is 5.97 Å². The highest BCUT2D eigenvalue weighted by Gasteiger charge is 2.68. The highest BCUT2D eigenvalue weighted by Crippen LogP contribution is 2.75. The molecule has 1 aromatic carbocycles. The lowest BCUT2D eigenvalue weighted by atomic mass is 9.33. The van der Waals surface area contributed by atoms with E-state index in [-0.39, 0.29) is 39.1 Å². The van der Waals surface area contributed by atoms with Crippen LogP contribution in [0.25, 0.3) is 0 Å². The van der Waals surface area contributed by atoms with Gasteiger partial charge in [-0.05, 0) is 122 Å². The summed E-state index contributed by atoms with van der Waals surface area (Å²) in [6.45, 7) is 17.6. The lowest BCUT2D eigenvalue weighted by Crippen LogP contribution is -2.64. The van der Waals surface area contributed by atoms with Crippen LogP contribution in [0.2, 0.25) is 0 Å². The average Bonchev–Trinajstić information content (AvgIpc) is 2.91. The second kappa shape index (κ2) is 9.19. The first-order valence-electron chi connectivity index (χ1n) is 16.3. The van der Waals surface area contributed by atoms with Gasteiger partial charge < -0.3 is 9.84 Å². The minimum absolute atomic E-state index is 0.0119. The summed E-state index contributed by atoms with van der Waals surface area (Å²) >= 11 is 0. The lowest BCUT2D eigenvalue weighted by Gasteiger charge is -2.71. The predicted molar refractivity (Wildman–Crippen MR) is 161 cm³/mol. The molecule has 40 heavy (non-hydrogen) atoms. The Hall–Kier alpha value is -1.61. The molecule has 0 aromatic heterocycles. The molecule has 5 aliphatic carbocycles. The topological polar surface area (TPSA) is 46.5 Å². The van der Waals surface area contributed by atoms with Crippen LogP contribution in [0.1, 0.15) is 118 Å². The first-order valence-corrected chi connectivity index (χ1v) is 16.3. The first-order chi connectivity index (χ1) is 18.7. The van der Waals surface area contributed by atoms with E-state index in [0.29, 0.717) is 24.4 Å². The van der Waals surface area contributed by atoms with E-state index in [2.05, 4.69) is 54.5 Å². The van der Waals surface area contributed by atoms with Crippen LogP contribution in [-0.4, -0.2) is 17.2 Å². The monoisotopic (exact) mass is 546 g/mol. The number of esters is 1. The third kappa shape index (κ3) is 3.88. The van der Waals surface area contributed by atoms with E-state index in [1.54, 1.807) is 5.57 Å². The number of carbonyl (C=O) groups is 1. The zero-order valence-corrected chi connectivity index (χ0v) is 26.3. The highest BCUT2D eigenvalue weighted by atomic mass is 16.5. The molecule has 3 nitrogen and oxygen atoms in total. The van der Waals surface area contributed by atoms with Crippen molar-refractivity contribution in [2.45, 2.75) is 125 Å². The van der Waals surface area contributed by atoms with Gasteiger partial charge in [-0.1, -0.05) is 83.5 Å². The Kier molecular flexibility index (Phi) is 6.55. The normalized spacial score (nSPS) is 47.5. The Morgan fingerprint density at radius 2 is 1.57 bits per heavy atom. The smallest absolute Gasteiger partial charge is 0.312 e. The molecule has 0 saturated heterocycles. The van der Waals surface area contributed by atoms with Crippen molar-refractivity contribution in [3.05, 3.63) is 47.5 Å². The molecule has 0 amide bonds. The van der Waals surface area contributed by atoms with Crippen molar-refractivity contribution in [1.82, 2.24) is 0 Å². The fraction of sp³-hybridized carbons (Fsp3) is 0.757. The molecule has 3 heteroatoms. The molecule has 1 aromatic rings. The molecule has 2 unspecified atom stereocenters. The van der Waals surface area contributed by atoms with Crippen molar-refractivity contribution in [3.8, 4) is 0 Å². The highest BCUT2D eigenvalue weighted by molar-refractivity contribution is 5.76. The summed E-state index contributed by atoms with van der Waals surface area (Å²) in [6, 6.07) is 10.1.